The first-order valence-electron chi connectivity index (χ1n) is 7.66. The van der Waals surface area contributed by atoms with E-state index < -0.39 is 0 Å². The molecule has 1 aromatic carbocycles. The monoisotopic (exact) mass is 277 g/mol. The fourth-order valence-electron chi connectivity index (χ4n) is 3.06. The van der Waals surface area contributed by atoms with Gasteiger partial charge in [0, 0.05) is 16.7 Å². The van der Waals surface area contributed by atoms with Crippen molar-refractivity contribution in [2.75, 3.05) is 12.8 Å². The zero-order valence-corrected chi connectivity index (χ0v) is 13.1. The Hall–Kier alpha value is -0.470. The minimum absolute atomic E-state index is 0.670. The second-order valence-electron chi connectivity index (χ2n) is 5.77. The van der Waals surface area contributed by atoms with E-state index in [4.69, 9.17) is 0 Å². The van der Waals surface area contributed by atoms with Gasteiger partial charge in [-0.3, -0.25) is 0 Å². The second kappa shape index (κ2) is 7.96. The summed E-state index contributed by atoms with van der Waals surface area (Å²) in [4.78, 5) is 1.41. The Labute approximate surface area is 122 Å². The Balaban J connectivity index is 1.87. The van der Waals surface area contributed by atoms with Gasteiger partial charge >= 0.3 is 0 Å². The van der Waals surface area contributed by atoms with Crippen LogP contribution in [0.4, 0.5) is 0 Å². The van der Waals surface area contributed by atoms with Crippen LogP contribution in [0.2, 0.25) is 0 Å². The average molecular weight is 277 g/mol. The molecule has 106 valence electrons. The molecule has 0 aliphatic heterocycles. The van der Waals surface area contributed by atoms with Gasteiger partial charge in [-0.2, -0.15) is 0 Å². The standard InChI is InChI=1S/C17H27NS/c1-14-8-7-11-16(12-14)19-13-17(18-2)15-9-5-3-4-6-10-15/h7-8,11-12,15,17-18H,3-6,9-10,13H2,1-2H3. The van der Waals surface area contributed by atoms with Gasteiger partial charge in [-0.15, -0.1) is 11.8 Å². The zero-order chi connectivity index (χ0) is 13.5. The Morgan fingerprint density at radius 1 is 1.21 bits per heavy atom. The molecule has 1 unspecified atom stereocenters. The van der Waals surface area contributed by atoms with Crippen LogP contribution in [0.25, 0.3) is 0 Å². The molecular weight excluding hydrogens is 250 g/mol. The lowest BCUT2D eigenvalue weighted by atomic mass is 9.93. The van der Waals surface area contributed by atoms with E-state index in [9.17, 15) is 0 Å². The molecule has 1 aromatic rings. The van der Waals surface area contributed by atoms with Crippen molar-refractivity contribution in [3.8, 4) is 0 Å². The lowest BCUT2D eigenvalue weighted by molar-refractivity contribution is 0.359. The molecule has 0 aromatic heterocycles. The van der Waals surface area contributed by atoms with Gasteiger partial charge in [0.05, 0.1) is 0 Å². The van der Waals surface area contributed by atoms with Crippen LogP contribution in [0, 0.1) is 12.8 Å². The molecule has 1 fully saturated rings. The van der Waals surface area contributed by atoms with Crippen LogP contribution in [0.1, 0.15) is 44.1 Å². The van der Waals surface area contributed by atoms with Gasteiger partial charge in [-0.25, -0.2) is 0 Å². The second-order valence-corrected chi connectivity index (χ2v) is 6.87. The third-order valence-electron chi connectivity index (χ3n) is 4.26. The van der Waals surface area contributed by atoms with Crippen LogP contribution in [0.3, 0.4) is 0 Å². The van der Waals surface area contributed by atoms with E-state index >= 15 is 0 Å². The van der Waals surface area contributed by atoms with E-state index in [1.807, 2.05) is 11.8 Å². The summed E-state index contributed by atoms with van der Waals surface area (Å²) in [6.07, 6.45) is 8.57. The fourth-order valence-corrected chi connectivity index (χ4v) is 4.31. The number of aryl methyl sites for hydroxylation is 1. The van der Waals surface area contributed by atoms with Crippen LogP contribution in [-0.2, 0) is 0 Å². The van der Waals surface area contributed by atoms with Crippen LogP contribution >= 0.6 is 11.8 Å². The number of hydrogen-bond donors (Lipinski definition) is 1. The van der Waals surface area contributed by atoms with Crippen molar-refractivity contribution in [1.29, 1.82) is 0 Å². The highest BCUT2D eigenvalue weighted by molar-refractivity contribution is 7.99. The van der Waals surface area contributed by atoms with Crippen molar-refractivity contribution in [3.05, 3.63) is 29.8 Å². The SMILES string of the molecule is CNC(CSc1cccc(C)c1)C1CCCCCC1. The van der Waals surface area contributed by atoms with Crippen molar-refractivity contribution in [2.45, 2.75) is 56.4 Å². The van der Waals surface area contributed by atoms with Crippen molar-refractivity contribution < 1.29 is 0 Å². The molecule has 2 heteroatoms. The number of nitrogens with one attached hydrogen (secondary N) is 1. The van der Waals surface area contributed by atoms with E-state index in [-0.39, 0.29) is 0 Å². The molecule has 1 saturated carbocycles. The largest absolute Gasteiger partial charge is 0.316 e. The highest BCUT2D eigenvalue weighted by atomic mass is 32.2. The van der Waals surface area contributed by atoms with E-state index in [0.29, 0.717) is 6.04 Å². The summed E-state index contributed by atoms with van der Waals surface area (Å²) in [6.45, 7) is 2.17. The third kappa shape index (κ3) is 4.85. The van der Waals surface area contributed by atoms with Crippen LogP contribution < -0.4 is 5.32 Å². The maximum atomic E-state index is 3.56. The molecule has 2 rings (SSSR count). The highest BCUT2D eigenvalue weighted by Gasteiger charge is 2.21. The molecule has 1 atom stereocenters. The highest BCUT2D eigenvalue weighted by Crippen LogP contribution is 2.29. The molecule has 0 amide bonds. The first-order valence-corrected chi connectivity index (χ1v) is 8.65. The van der Waals surface area contributed by atoms with E-state index in [2.05, 4.69) is 43.6 Å². The number of thioether (sulfide) groups is 1. The summed E-state index contributed by atoms with van der Waals surface area (Å²) in [7, 11) is 2.13. The lowest BCUT2D eigenvalue weighted by Crippen LogP contribution is -2.35. The first-order chi connectivity index (χ1) is 9.29. The average Bonchev–Trinajstić information content (AvgIpc) is 2.69. The van der Waals surface area contributed by atoms with Crippen LogP contribution in [-0.4, -0.2) is 18.8 Å². The van der Waals surface area contributed by atoms with E-state index in [1.54, 1.807) is 0 Å². The molecule has 0 radical (unpaired) electrons. The lowest BCUT2D eigenvalue weighted by Gasteiger charge is -2.25. The molecule has 0 spiro atoms. The summed E-state index contributed by atoms with van der Waals surface area (Å²) in [5.74, 6) is 2.08. The van der Waals surface area contributed by atoms with Crippen LogP contribution in [0.15, 0.2) is 29.2 Å². The predicted octanol–water partition coefficient (Wildman–Crippen LogP) is 4.65. The van der Waals surface area contributed by atoms with Crippen molar-refractivity contribution in [1.82, 2.24) is 5.32 Å². The van der Waals surface area contributed by atoms with Gasteiger partial charge in [0.25, 0.3) is 0 Å². The van der Waals surface area contributed by atoms with Gasteiger partial charge in [0.2, 0.25) is 0 Å². The number of rotatable bonds is 5. The Bertz CT molecular complexity index is 369. The van der Waals surface area contributed by atoms with Crippen LogP contribution in [0.5, 0.6) is 0 Å². The fraction of sp³-hybridized carbons (Fsp3) is 0.647. The molecule has 0 saturated heterocycles. The van der Waals surface area contributed by atoms with Gasteiger partial charge in [-0.05, 0) is 44.9 Å². The smallest absolute Gasteiger partial charge is 0.0186 e. The minimum atomic E-state index is 0.670. The minimum Gasteiger partial charge on any atom is -0.316 e. The van der Waals surface area contributed by atoms with E-state index in [0.717, 1.165) is 5.92 Å². The Morgan fingerprint density at radius 2 is 1.95 bits per heavy atom. The molecule has 1 N–H and O–H groups in total. The Kier molecular flexibility index (Phi) is 6.25. The molecule has 19 heavy (non-hydrogen) atoms. The van der Waals surface area contributed by atoms with Crippen molar-refractivity contribution in [3.63, 3.8) is 0 Å². The van der Waals surface area contributed by atoms with Crippen molar-refractivity contribution >= 4 is 11.8 Å². The maximum Gasteiger partial charge on any atom is 0.0186 e. The summed E-state index contributed by atoms with van der Waals surface area (Å²) in [5, 5.41) is 3.56. The molecule has 1 nitrogen and oxygen atoms in total. The van der Waals surface area contributed by atoms with Gasteiger partial charge < -0.3 is 5.32 Å². The summed E-state index contributed by atoms with van der Waals surface area (Å²) in [6, 6.07) is 9.54. The number of hydrogen-bond acceptors (Lipinski definition) is 2. The summed E-state index contributed by atoms with van der Waals surface area (Å²) >= 11 is 2.01. The normalized spacial score (nSPS) is 19.1. The first kappa shape index (κ1) is 14.9. The molecule has 1 aliphatic rings. The summed E-state index contributed by atoms with van der Waals surface area (Å²) < 4.78 is 0. The number of benzene rings is 1. The van der Waals surface area contributed by atoms with Gasteiger partial charge in [0.15, 0.2) is 0 Å². The maximum absolute atomic E-state index is 3.56. The quantitative estimate of drug-likeness (QED) is 0.621. The molecule has 0 bridgehead atoms. The van der Waals surface area contributed by atoms with Gasteiger partial charge in [-0.1, -0.05) is 43.4 Å². The van der Waals surface area contributed by atoms with Gasteiger partial charge in [0.1, 0.15) is 0 Å². The zero-order valence-electron chi connectivity index (χ0n) is 12.3. The Morgan fingerprint density at radius 3 is 2.58 bits per heavy atom. The summed E-state index contributed by atoms with van der Waals surface area (Å²) in [5.41, 5.74) is 1.36. The third-order valence-corrected chi connectivity index (χ3v) is 5.37. The molecule has 1 aliphatic carbocycles. The molecule has 0 heterocycles. The van der Waals surface area contributed by atoms with Crippen molar-refractivity contribution in [2.24, 2.45) is 5.92 Å². The molecular formula is C17H27NS. The topological polar surface area (TPSA) is 12.0 Å². The predicted molar refractivity (Wildman–Crippen MR) is 85.9 cm³/mol. The van der Waals surface area contributed by atoms with E-state index in [1.165, 1.54) is 54.7 Å².